The van der Waals surface area contributed by atoms with Crippen molar-refractivity contribution in [2.45, 2.75) is 33.9 Å². The van der Waals surface area contributed by atoms with Crippen LogP contribution >= 0.6 is 11.3 Å². The van der Waals surface area contributed by atoms with E-state index in [2.05, 4.69) is 5.32 Å². The van der Waals surface area contributed by atoms with Crippen molar-refractivity contribution in [1.29, 1.82) is 0 Å². The van der Waals surface area contributed by atoms with Crippen LogP contribution in [0.1, 0.15) is 22.3 Å². The Morgan fingerprint density at radius 3 is 2.47 bits per heavy atom. The number of nitrogens with one attached hydrogen (secondary N) is 1. The van der Waals surface area contributed by atoms with Crippen LogP contribution in [-0.4, -0.2) is 15.0 Å². The van der Waals surface area contributed by atoms with E-state index >= 15 is 0 Å². The second-order valence-electron chi connectivity index (χ2n) is 7.82. The summed E-state index contributed by atoms with van der Waals surface area (Å²) in [6.07, 6.45) is 0. The molecule has 1 N–H and O–H groups in total. The number of halogens is 1. The molecule has 164 valence electrons. The Hall–Kier alpha value is -3.52. The first-order valence-electron chi connectivity index (χ1n) is 10.1. The molecule has 0 atom stereocenters. The third-order valence-corrected chi connectivity index (χ3v) is 6.40. The van der Waals surface area contributed by atoms with Crippen LogP contribution in [0.3, 0.4) is 0 Å². The summed E-state index contributed by atoms with van der Waals surface area (Å²) in [5.74, 6) is -0.833. The molecule has 0 unspecified atom stereocenters. The van der Waals surface area contributed by atoms with Gasteiger partial charge in [0.1, 0.15) is 17.1 Å². The number of anilines is 1. The van der Waals surface area contributed by atoms with Crippen LogP contribution in [-0.2, 0) is 17.9 Å². The molecule has 0 aliphatic carbocycles. The van der Waals surface area contributed by atoms with Crippen LogP contribution < -0.4 is 16.6 Å². The molecule has 6 nitrogen and oxygen atoms in total. The van der Waals surface area contributed by atoms with Crippen molar-refractivity contribution in [1.82, 2.24) is 9.13 Å². The third-order valence-electron chi connectivity index (χ3n) is 5.51. The zero-order chi connectivity index (χ0) is 23.0. The van der Waals surface area contributed by atoms with E-state index in [9.17, 15) is 18.8 Å². The average molecular weight is 452 g/mol. The van der Waals surface area contributed by atoms with Crippen molar-refractivity contribution in [3.63, 3.8) is 0 Å². The number of amides is 1. The molecule has 32 heavy (non-hydrogen) atoms. The summed E-state index contributed by atoms with van der Waals surface area (Å²) in [5.41, 5.74) is 3.57. The van der Waals surface area contributed by atoms with Crippen LogP contribution in [0.4, 0.5) is 10.1 Å². The van der Waals surface area contributed by atoms with Crippen LogP contribution in [0.15, 0.2) is 57.4 Å². The number of benzene rings is 2. The maximum Gasteiger partial charge on any atom is 0.332 e. The molecule has 0 aliphatic rings. The van der Waals surface area contributed by atoms with Gasteiger partial charge in [-0.1, -0.05) is 18.2 Å². The van der Waals surface area contributed by atoms with Gasteiger partial charge in [-0.3, -0.25) is 18.7 Å². The summed E-state index contributed by atoms with van der Waals surface area (Å²) in [6, 6.07) is 11.5. The normalized spacial score (nSPS) is 11.1. The minimum absolute atomic E-state index is 0.116. The van der Waals surface area contributed by atoms with Crippen molar-refractivity contribution in [2.24, 2.45) is 0 Å². The molecule has 0 aliphatic heterocycles. The number of thiophene rings is 1. The van der Waals surface area contributed by atoms with Crippen molar-refractivity contribution in [3.8, 4) is 0 Å². The Morgan fingerprint density at radius 2 is 1.75 bits per heavy atom. The average Bonchev–Trinajstić information content (AvgIpc) is 3.23. The molecule has 0 saturated carbocycles. The summed E-state index contributed by atoms with van der Waals surface area (Å²) in [6.45, 7) is 5.51. The van der Waals surface area contributed by atoms with Crippen molar-refractivity contribution in [3.05, 3.63) is 96.8 Å². The number of carbonyl (C=O) groups excluding carboxylic acids is 1. The number of aryl methyl sites for hydroxylation is 3. The highest BCUT2D eigenvalue weighted by molar-refractivity contribution is 7.17. The predicted octanol–water partition coefficient (Wildman–Crippen LogP) is 3.98. The number of hydrogen-bond donors (Lipinski definition) is 1. The van der Waals surface area contributed by atoms with Gasteiger partial charge in [-0.05, 0) is 72.7 Å². The number of rotatable bonds is 5. The van der Waals surface area contributed by atoms with Crippen LogP contribution in [0.2, 0.25) is 0 Å². The molecule has 2 aromatic heterocycles. The zero-order valence-electron chi connectivity index (χ0n) is 17.9. The Bertz CT molecular complexity index is 1470. The van der Waals surface area contributed by atoms with E-state index in [0.29, 0.717) is 21.5 Å². The molecule has 0 spiro atoms. The fraction of sp³-hybridized carbons (Fsp3) is 0.208. The highest BCUT2D eigenvalue weighted by Gasteiger charge is 2.17. The Morgan fingerprint density at radius 1 is 0.969 bits per heavy atom. The Balaban J connectivity index is 1.72. The number of nitrogens with zero attached hydrogens (tertiary/aromatic N) is 2. The summed E-state index contributed by atoms with van der Waals surface area (Å²) in [5, 5.41) is 4.44. The molecule has 0 saturated heterocycles. The van der Waals surface area contributed by atoms with Gasteiger partial charge >= 0.3 is 5.69 Å². The van der Waals surface area contributed by atoms with E-state index in [0.717, 1.165) is 16.7 Å². The molecule has 2 heterocycles. The number of fused-ring (bicyclic) bond motifs is 1. The van der Waals surface area contributed by atoms with Gasteiger partial charge < -0.3 is 5.32 Å². The van der Waals surface area contributed by atoms with Crippen LogP contribution in [0, 0.1) is 26.6 Å². The fourth-order valence-electron chi connectivity index (χ4n) is 3.61. The highest BCUT2D eigenvalue weighted by Crippen LogP contribution is 2.18. The molecule has 0 radical (unpaired) electrons. The molecule has 0 bridgehead atoms. The first kappa shape index (κ1) is 21.7. The predicted molar refractivity (Wildman–Crippen MR) is 125 cm³/mol. The molecule has 8 heteroatoms. The smallest absolute Gasteiger partial charge is 0.324 e. The van der Waals surface area contributed by atoms with E-state index in [1.165, 1.54) is 38.7 Å². The fourth-order valence-corrected chi connectivity index (χ4v) is 4.45. The van der Waals surface area contributed by atoms with Gasteiger partial charge in [0.25, 0.3) is 5.56 Å². The summed E-state index contributed by atoms with van der Waals surface area (Å²) in [7, 11) is 0. The summed E-state index contributed by atoms with van der Waals surface area (Å²) in [4.78, 5) is 39.0. The van der Waals surface area contributed by atoms with Gasteiger partial charge in [0.2, 0.25) is 5.91 Å². The topological polar surface area (TPSA) is 73.1 Å². The number of aromatic nitrogens is 2. The van der Waals surface area contributed by atoms with Gasteiger partial charge in [0, 0.05) is 5.69 Å². The molecular weight excluding hydrogens is 429 g/mol. The lowest BCUT2D eigenvalue weighted by Gasteiger charge is -2.14. The standard InChI is InChI=1S/C24H22FN3O3S/c1-14-4-5-17(10-15(14)2)12-28-23(30)22-20(8-9-32-22)27(24(28)31)13-21(29)26-19-7-6-18(25)11-16(19)3/h4-11H,12-13H2,1-3H3,(H,26,29). The SMILES string of the molecule is Cc1ccc(Cn2c(=O)c3sccc3n(CC(=O)Nc3ccc(F)cc3C)c2=O)cc1C. The number of carbonyl (C=O) groups is 1. The van der Waals surface area contributed by atoms with E-state index in [1.807, 2.05) is 32.0 Å². The Labute approximate surface area is 187 Å². The lowest BCUT2D eigenvalue weighted by molar-refractivity contribution is -0.116. The number of hydrogen-bond acceptors (Lipinski definition) is 4. The van der Waals surface area contributed by atoms with E-state index in [4.69, 9.17) is 0 Å². The molecule has 4 rings (SSSR count). The zero-order valence-corrected chi connectivity index (χ0v) is 18.8. The van der Waals surface area contributed by atoms with Gasteiger partial charge in [-0.15, -0.1) is 11.3 Å². The monoisotopic (exact) mass is 451 g/mol. The Kier molecular flexibility index (Phi) is 5.80. The molecular formula is C24H22FN3O3S. The molecule has 1 amide bonds. The third kappa shape index (κ3) is 4.13. The first-order chi connectivity index (χ1) is 15.2. The largest absolute Gasteiger partial charge is 0.332 e. The van der Waals surface area contributed by atoms with Crippen molar-refractivity contribution in [2.75, 3.05) is 5.32 Å². The van der Waals surface area contributed by atoms with Gasteiger partial charge in [-0.25, -0.2) is 9.18 Å². The lowest BCUT2D eigenvalue weighted by atomic mass is 10.1. The van der Waals surface area contributed by atoms with Crippen LogP contribution in [0.5, 0.6) is 0 Å². The van der Waals surface area contributed by atoms with Gasteiger partial charge in [-0.2, -0.15) is 0 Å². The van der Waals surface area contributed by atoms with E-state index in [-0.39, 0.29) is 18.6 Å². The van der Waals surface area contributed by atoms with Gasteiger partial charge in [0.15, 0.2) is 0 Å². The molecule has 4 aromatic rings. The van der Waals surface area contributed by atoms with Gasteiger partial charge in [0.05, 0.1) is 12.1 Å². The van der Waals surface area contributed by atoms with Crippen LogP contribution in [0.25, 0.3) is 10.2 Å². The first-order valence-corrected chi connectivity index (χ1v) is 11.0. The quantitative estimate of drug-likeness (QED) is 0.499. The highest BCUT2D eigenvalue weighted by atomic mass is 32.1. The second-order valence-corrected chi connectivity index (χ2v) is 8.74. The summed E-state index contributed by atoms with van der Waals surface area (Å²) < 4.78 is 16.2. The second kappa shape index (κ2) is 8.55. The lowest BCUT2D eigenvalue weighted by Crippen LogP contribution is -2.41. The van der Waals surface area contributed by atoms with E-state index < -0.39 is 17.4 Å². The van der Waals surface area contributed by atoms with Crippen molar-refractivity contribution < 1.29 is 9.18 Å². The van der Waals surface area contributed by atoms with Crippen molar-refractivity contribution >= 4 is 33.1 Å². The van der Waals surface area contributed by atoms with E-state index in [1.54, 1.807) is 18.4 Å². The molecule has 0 fully saturated rings. The minimum Gasteiger partial charge on any atom is -0.324 e. The molecule has 2 aromatic carbocycles. The minimum atomic E-state index is -0.551. The maximum atomic E-state index is 13.3. The maximum absolute atomic E-state index is 13.3. The summed E-state index contributed by atoms with van der Waals surface area (Å²) >= 11 is 1.24.